The Morgan fingerprint density at radius 1 is 1.07 bits per heavy atom. The predicted molar refractivity (Wildman–Crippen MR) is 115 cm³/mol. The van der Waals surface area contributed by atoms with Crippen LogP contribution in [0.1, 0.15) is 18.4 Å². The molecule has 0 bridgehead atoms. The highest BCUT2D eigenvalue weighted by atomic mass is 16.6. The SMILES string of the molecule is CN(Cc1ccc(N(C)C)cc1)C(=O)C1CCN(c2ccccc2[N+](=O)[O-])CC1. The van der Waals surface area contributed by atoms with Crippen molar-refractivity contribution in [1.29, 1.82) is 0 Å². The number of amides is 1. The molecule has 3 rings (SSSR count). The molecule has 29 heavy (non-hydrogen) atoms. The van der Waals surface area contributed by atoms with Crippen molar-refractivity contribution in [1.82, 2.24) is 4.90 Å². The van der Waals surface area contributed by atoms with Gasteiger partial charge in [-0.25, -0.2) is 0 Å². The van der Waals surface area contributed by atoms with Gasteiger partial charge in [-0.2, -0.15) is 0 Å². The third kappa shape index (κ3) is 4.85. The second-order valence-corrected chi connectivity index (χ2v) is 7.76. The molecule has 1 heterocycles. The largest absolute Gasteiger partial charge is 0.378 e. The summed E-state index contributed by atoms with van der Waals surface area (Å²) in [5, 5.41) is 11.3. The summed E-state index contributed by atoms with van der Waals surface area (Å²) < 4.78 is 0. The molecule has 7 heteroatoms. The minimum Gasteiger partial charge on any atom is -0.378 e. The van der Waals surface area contributed by atoms with Gasteiger partial charge < -0.3 is 14.7 Å². The van der Waals surface area contributed by atoms with Gasteiger partial charge in [0.1, 0.15) is 5.69 Å². The lowest BCUT2D eigenvalue weighted by molar-refractivity contribution is -0.384. The zero-order chi connectivity index (χ0) is 21.0. The highest BCUT2D eigenvalue weighted by Crippen LogP contribution is 2.31. The molecule has 2 aromatic rings. The Balaban J connectivity index is 1.57. The van der Waals surface area contributed by atoms with Crippen LogP contribution in [0.25, 0.3) is 0 Å². The number of hydrogen-bond acceptors (Lipinski definition) is 5. The van der Waals surface area contributed by atoms with E-state index in [4.69, 9.17) is 0 Å². The minimum absolute atomic E-state index is 0.0416. The molecule has 0 unspecified atom stereocenters. The molecule has 7 nitrogen and oxygen atoms in total. The van der Waals surface area contributed by atoms with E-state index in [1.807, 2.05) is 37.0 Å². The fourth-order valence-corrected chi connectivity index (χ4v) is 3.82. The van der Waals surface area contributed by atoms with E-state index in [0.29, 0.717) is 38.2 Å². The third-order valence-corrected chi connectivity index (χ3v) is 5.51. The Hall–Kier alpha value is -3.09. The van der Waals surface area contributed by atoms with Crippen molar-refractivity contribution < 1.29 is 9.72 Å². The molecular weight excluding hydrogens is 368 g/mol. The van der Waals surface area contributed by atoms with Gasteiger partial charge in [-0.1, -0.05) is 24.3 Å². The number of piperidine rings is 1. The molecule has 2 aromatic carbocycles. The third-order valence-electron chi connectivity index (χ3n) is 5.51. The molecule has 0 N–H and O–H groups in total. The molecule has 154 valence electrons. The summed E-state index contributed by atoms with van der Waals surface area (Å²) in [4.78, 5) is 29.7. The molecule has 0 radical (unpaired) electrons. The van der Waals surface area contributed by atoms with Gasteiger partial charge in [0.2, 0.25) is 5.91 Å². The first-order valence-corrected chi connectivity index (χ1v) is 9.86. The van der Waals surface area contributed by atoms with E-state index in [-0.39, 0.29) is 22.4 Å². The van der Waals surface area contributed by atoms with Gasteiger partial charge >= 0.3 is 0 Å². The number of benzene rings is 2. The van der Waals surface area contributed by atoms with Crippen molar-refractivity contribution in [3.8, 4) is 0 Å². The van der Waals surface area contributed by atoms with E-state index in [1.54, 1.807) is 17.0 Å². The van der Waals surface area contributed by atoms with Crippen LogP contribution in [0, 0.1) is 16.0 Å². The average Bonchev–Trinajstić information content (AvgIpc) is 2.73. The molecule has 1 saturated heterocycles. The standard InChI is InChI=1S/C22H28N4O3/c1-23(2)19-10-8-17(9-11-19)16-24(3)22(27)18-12-14-25(15-13-18)20-6-4-5-7-21(20)26(28)29/h4-11,18H,12-16H2,1-3H3. The van der Waals surface area contributed by atoms with Crippen LogP contribution in [0.4, 0.5) is 17.1 Å². The van der Waals surface area contributed by atoms with Gasteiger partial charge in [0.05, 0.1) is 4.92 Å². The van der Waals surface area contributed by atoms with Crippen molar-refractivity contribution in [2.45, 2.75) is 19.4 Å². The van der Waals surface area contributed by atoms with Gasteiger partial charge in [-0.3, -0.25) is 14.9 Å². The lowest BCUT2D eigenvalue weighted by Gasteiger charge is -2.34. The van der Waals surface area contributed by atoms with Crippen LogP contribution in [0.3, 0.4) is 0 Å². The number of carbonyl (C=O) groups excluding carboxylic acids is 1. The van der Waals surface area contributed by atoms with E-state index < -0.39 is 0 Å². The summed E-state index contributed by atoms with van der Waals surface area (Å²) in [5.41, 5.74) is 2.99. The maximum Gasteiger partial charge on any atom is 0.292 e. The van der Waals surface area contributed by atoms with Gasteiger partial charge in [-0.05, 0) is 36.6 Å². The molecule has 0 spiro atoms. The number of para-hydroxylation sites is 2. The fraction of sp³-hybridized carbons (Fsp3) is 0.409. The van der Waals surface area contributed by atoms with Crippen LogP contribution in [0.15, 0.2) is 48.5 Å². The summed E-state index contributed by atoms with van der Waals surface area (Å²) in [6, 6.07) is 15.0. The number of anilines is 2. The molecule has 1 amide bonds. The van der Waals surface area contributed by atoms with Gasteiger partial charge in [0.25, 0.3) is 5.69 Å². The van der Waals surface area contributed by atoms with E-state index >= 15 is 0 Å². The lowest BCUT2D eigenvalue weighted by Crippen LogP contribution is -2.41. The highest BCUT2D eigenvalue weighted by molar-refractivity contribution is 5.79. The van der Waals surface area contributed by atoms with E-state index in [0.717, 1.165) is 11.3 Å². The number of nitro benzene ring substituents is 1. The number of nitrogens with zero attached hydrogens (tertiary/aromatic N) is 4. The molecule has 1 aliphatic rings. The molecule has 0 saturated carbocycles. The van der Waals surface area contributed by atoms with Crippen LogP contribution in [0.2, 0.25) is 0 Å². The smallest absolute Gasteiger partial charge is 0.292 e. The lowest BCUT2D eigenvalue weighted by atomic mass is 9.94. The quantitative estimate of drug-likeness (QED) is 0.552. The van der Waals surface area contributed by atoms with Crippen LogP contribution in [0.5, 0.6) is 0 Å². The second kappa shape index (κ2) is 8.94. The van der Waals surface area contributed by atoms with E-state index in [2.05, 4.69) is 24.3 Å². The Morgan fingerprint density at radius 2 is 1.69 bits per heavy atom. The zero-order valence-electron chi connectivity index (χ0n) is 17.2. The second-order valence-electron chi connectivity index (χ2n) is 7.76. The number of hydrogen-bond donors (Lipinski definition) is 0. The van der Waals surface area contributed by atoms with Crippen molar-refractivity contribution in [3.63, 3.8) is 0 Å². The van der Waals surface area contributed by atoms with Crippen LogP contribution >= 0.6 is 0 Å². The van der Waals surface area contributed by atoms with Gasteiger partial charge in [-0.15, -0.1) is 0 Å². The number of nitro groups is 1. The summed E-state index contributed by atoms with van der Waals surface area (Å²) in [7, 11) is 5.85. The summed E-state index contributed by atoms with van der Waals surface area (Å²) in [6.45, 7) is 1.87. The first-order chi connectivity index (χ1) is 13.9. The van der Waals surface area contributed by atoms with Crippen LogP contribution in [-0.2, 0) is 11.3 Å². The predicted octanol–water partition coefficient (Wildman–Crippen LogP) is 3.54. The van der Waals surface area contributed by atoms with Crippen LogP contribution in [-0.4, -0.2) is 50.0 Å². The average molecular weight is 396 g/mol. The van der Waals surface area contributed by atoms with Crippen LogP contribution < -0.4 is 9.80 Å². The Kier molecular flexibility index (Phi) is 6.36. The Labute approximate surface area is 171 Å². The maximum absolute atomic E-state index is 12.9. The topological polar surface area (TPSA) is 69.9 Å². The van der Waals surface area contributed by atoms with E-state index in [9.17, 15) is 14.9 Å². The normalized spacial score (nSPS) is 14.5. The van der Waals surface area contributed by atoms with Crippen molar-refractivity contribution in [2.24, 2.45) is 5.92 Å². The highest BCUT2D eigenvalue weighted by Gasteiger charge is 2.29. The number of rotatable bonds is 6. The number of carbonyl (C=O) groups is 1. The maximum atomic E-state index is 12.9. The van der Waals surface area contributed by atoms with Crippen molar-refractivity contribution >= 4 is 23.0 Å². The molecular formula is C22H28N4O3. The van der Waals surface area contributed by atoms with Gasteiger partial charge in [0.15, 0.2) is 0 Å². The molecule has 0 aromatic heterocycles. The first-order valence-electron chi connectivity index (χ1n) is 9.86. The minimum atomic E-state index is -0.345. The molecule has 0 atom stereocenters. The monoisotopic (exact) mass is 396 g/mol. The summed E-state index contributed by atoms with van der Waals surface area (Å²) in [5.74, 6) is 0.101. The van der Waals surface area contributed by atoms with Crippen molar-refractivity contribution in [2.75, 3.05) is 44.0 Å². The van der Waals surface area contributed by atoms with Crippen molar-refractivity contribution in [3.05, 3.63) is 64.2 Å². The first kappa shape index (κ1) is 20.6. The molecule has 1 aliphatic heterocycles. The zero-order valence-corrected chi connectivity index (χ0v) is 17.2. The van der Waals surface area contributed by atoms with Gasteiger partial charge in [0, 0.05) is 58.4 Å². The van der Waals surface area contributed by atoms with E-state index in [1.165, 1.54) is 6.07 Å². The molecule has 1 fully saturated rings. The summed E-state index contributed by atoms with van der Waals surface area (Å²) >= 11 is 0. The Bertz CT molecular complexity index is 859. The Morgan fingerprint density at radius 3 is 2.28 bits per heavy atom. The molecule has 0 aliphatic carbocycles. The summed E-state index contributed by atoms with van der Waals surface area (Å²) in [6.07, 6.45) is 1.41. The fourth-order valence-electron chi connectivity index (χ4n) is 3.82.